The van der Waals surface area contributed by atoms with Crippen LogP contribution >= 0.6 is 11.3 Å². The maximum atomic E-state index is 12.3. The summed E-state index contributed by atoms with van der Waals surface area (Å²) in [6.45, 7) is 3.62. The normalized spacial score (nSPS) is 10.3. The van der Waals surface area contributed by atoms with Gasteiger partial charge in [-0.1, -0.05) is 29.8 Å². The number of ether oxygens (including phenoxy) is 2. The molecule has 1 aromatic heterocycles. The van der Waals surface area contributed by atoms with E-state index in [2.05, 4.69) is 5.32 Å². The molecule has 6 nitrogen and oxygen atoms in total. The smallest absolute Gasteiger partial charge is 0.348 e. The first-order valence-corrected chi connectivity index (χ1v) is 8.84. The molecule has 1 heterocycles. The maximum absolute atomic E-state index is 12.3. The molecule has 0 aliphatic carbocycles. The molecular weight excluding hydrogens is 354 g/mol. The van der Waals surface area contributed by atoms with Gasteiger partial charge in [-0.2, -0.15) is 0 Å². The standard InChI is InChI=1S/C19H21NO5S/c1-11-5-7-13(8-6-11)9-10-14(21)20-17-15(18(22)24-3)12(2)16(26-17)19(23)25-4/h5-8H,9-10H2,1-4H3,(H,20,21). The van der Waals surface area contributed by atoms with E-state index in [9.17, 15) is 14.4 Å². The lowest BCUT2D eigenvalue weighted by Gasteiger charge is -2.06. The fourth-order valence-corrected chi connectivity index (χ4v) is 3.57. The first kappa shape index (κ1) is 19.7. The van der Waals surface area contributed by atoms with Crippen LogP contribution in [0.15, 0.2) is 24.3 Å². The molecule has 2 rings (SSSR count). The molecule has 1 N–H and O–H groups in total. The van der Waals surface area contributed by atoms with E-state index in [0.717, 1.165) is 22.5 Å². The van der Waals surface area contributed by atoms with Crippen molar-refractivity contribution in [2.45, 2.75) is 26.7 Å². The molecule has 1 amide bonds. The lowest BCUT2D eigenvalue weighted by molar-refractivity contribution is -0.116. The van der Waals surface area contributed by atoms with Crippen LogP contribution in [0.3, 0.4) is 0 Å². The molecule has 0 spiro atoms. The number of esters is 2. The van der Waals surface area contributed by atoms with Crippen molar-refractivity contribution < 1.29 is 23.9 Å². The Morgan fingerprint density at radius 1 is 1.00 bits per heavy atom. The molecule has 0 unspecified atom stereocenters. The molecule has 138 valence electrons. The maximum Gasteiger partial charge on any atom is 0.348 e. The number of thiophene rings is 1. The molecule has 0 saturated carbocycles. The Hall–Kier alpha value is -2.67. The minimum absolute atomic E-state index is 0.182. The van der Waals surface area contributed by atoms with Crippen LogP contribution in [0.25, 0.3) is 0 Å². The SMILES string of the molecule is COC(=O)c1sc(NC(=O)CCc2ccc(C)cc2)c(C(=O)OC)c1C. The summed E-state index contributed by atoms with van der Waals surface area (Å²) in [5.74, 6) is -1.41. The van der Waals surface area contributed by atoms with Gasteiger partial charge in [0.05, 0.1) is 19.8 Å². The number of carbonyl (C=O) groups excluding carboxylic acids is 3. The summed E-state index contributed by atoms with van der Waals surface area (Å²) in [5, 5.41) is 3.01. The summed E-state index contributed by atoms with van der Waals surface area (Å²) >= 11 is 1.01. The van der Waals surface area contributed by atoms with Crippen molar-refractivity contribution in [1.82, 2.24) is 0 Å². The first-order valence-electron chi connectivity index (χ1n) is 8.02. The average molecular weight is 375 g/mol. The van der Waals surface area contributed by atoms with Crippen molar-refractivity contribution in [3.05, 3.63) is 51.4 Å². The number of carbonyl (C=O) groups is 3. The number of anilines is 1. The second kappa shape index (κ2) is 8.62. The van der Waals surface area contributed by atoms with Gasteiger partial charge in [-0.15, -0.1) is 11.3 Å². The quantitative estimate of drug-likeness (QED) is 0.782. The van der Waals surface area contributed by atoms with E-state index in [-0.39, 0.29) is 22.8 Å². The average Bonchev–Trinajstić information content (AvgIpc) is 2.96. The predicted octanol–water partition coefficient (Wildman–Crippen LogP) is 3.51. The zero-order chi connectivity index (χ0) is 19.3. The number of hydrogen-bond donors (Lipinski definition) is 1. The molecule has 0 saturated heterocycles. The fraction of sp³-hybridized carbons (Fsp3) is 0.316. The Kier molecular flexibility index (Phi) is 6.52. The van der Waals surface area contributed by atoms with Crippen molar-refractivity contribution >= 4 is 34.2 Å². The van der Waals surface area contributed by atoms with Crippen LogP contribution in [0.4, 0.5) is 5.00 Å². The van der Waals surface area contributed by atoms with Gasteiger partial charge < -0.3 is 14.8 Å². The van der Waals surface area contributed by atoms with Gasteiger partial charge in [-0.05, 0) is 31.4 Å². The van der Waals surface area contributed by atoms with Gasteiger partial charge in [0.2, 0.25) is 5.91 Å². The third kappa shape index (κ3) is 4.49. The first-order chi connectivity index (χ1) is 12.4. The molecular formula is C19H21NO5S. The van der Waals surface area contributed by atoms with Crippen molar-refractivity contribution in [1.29, 1.82) is 0 Å². The zero-order valence-electron chi connectivity index (χ0n) is 15.2. The number of nitrogens with one attached hydrogen (secondary N) is 1. The van der Waals surface area contributed by atoms with E-state index in [1.54, 1.807) is 6.92 Å². The number of amides is 1. The number of aryl methyl sites for hydroxylation is 2. The molecule has 26 heavy (non-hydrogen) atoms. The largest absolute Gasteiger partial charge is 0.465 e. The van der Waals surface area contributed by atoms with Crippen LogP contribution < -0.4 is 5.32 Å². The third-order valence-corrected chi connectivity index (χ3v) is 5.11. The fourth-order valence-electron chi connectivity index (χ4n) is 2.44. The Labute approximate surface area is 156 Å². The van der Waals surface area contributed by atoms with Crippen molar-refractivity contribution in [2.24, 2.45) is 0 Å². The van der Waals surface area contributed by atoms with E-state index in [4.69, 9.17) is 9.47 Å². The Morgan fingerprint density at radius 2 is 1.62 bits per heavy atom. The molecule has 1 aromatic carbocycles. The van der Waals surface area contributed by atoms with Gasteiger partial charge in [0.25, 0.3) is 0 Å². The van der Waals surface area contributed by atoms with Crippen molar-refractivity contribution in [2.75, 3.05) is 19.5 Å². The summed E-state index contributed by atoms with van der Waals surface area (Å²) < 4.78 is 9.50. The number of hydrogen-bond acceptors (Lipinski definition) is 6. The Bertz CT molecular complexity index is 823. The minimum Gasteiger partial charge on any atom is -0.465 e. The molecule has 0 bridgehead atoms. The van der Waals surface area contributed by atoms with Crippen molar-refractivity contribution in [3.63, 3.8) is 0 Å². The minimum atomic E-state index is -0.609. The van der Waals surface area contributed by atoms with Crippen molar-refractivity contribution in [3.8, 4) is 0 Å². The zero-order valence-corrected chi connectivity index (χ0v) is 16.0. The van der Waals surface area contributed by atoms with E-state index in [1.807, 2.05) is 31.2 Å². The van der Waals surface area contributed by atoms with E-state index >= 15 is 0 Å². The van der Waals surface area contributed by atoms with E-state index in [1.165, 1.54) is 14.2 Å². The van der Waals surface area contributed by atoms with Gasteiger partial charge >= 0.3 is 11.9 Å². The van der Waals surface area contributed by atoms with Crippen LogP contribution in [0.5, 0.6) is 0 Å². The molecule has 0 atom stereocenters. The van der Waals surface area contributed by atoms with Gasteiger partial charge in [0.15, 0.2) is 0 Å². The molecule has 0 aliphatic rings. The lowest BCUT2D eigenvalue weighted by atomic mass is 10.1. The highest BCUT2D eigenvalue weighted by Crippen LogP contribution is 2.34. The van der Waals surface area contributed by atoms with E-state index in [0.29, 0.717) is 17.0 Å². The highest BCUT2D eigenvalue weighted by Gasteiger charge is 2.26. The van der Waals surface area contributed by atoms with Crippen LogP contribution in [0, 0.1) is 13.8 Å². The number of benzene rings is 1. The summed E-state index contributed by atoms with van der Waals surface area (Å²) in [7, 11) is 2.51. The summed E-state index contributed by atoms with van der Waals surface area (Å²) in [4.78, 5) is 36.5. The monoisotopic (exact) mass is 375 g/mol. The highest BCUT2D eigenvalue weighted by atomic mass is 32.1. The van der Waals surface area contributed by atoms with Crippen LogP contribution in [-0.2, 0) is 20.7 Å². The van der Waals surface area contributed by atoms with Crippen LogP contribution in [0.1, 0.15) is 43.1 Å². The topological polar surface area (TPSA) is 81.7 Å². The van der Waals surface area contributed by atoms with E-state index < -0.39 is 11.9 Å². The summed E-state index contributed by atoms with van der Waals surface area (Å²) in [5.41, 5.74) is 2.82. The molecule has 7 heteroatoms. The summed E-state index contributed by atoms with van der Waals surface area (Å²) in [6, 6.07) is 7.95. The third-order valence-electron chi connectivity index (χ3n) is 3.92. The van der Waals surface area contributed by atoms with Gasteiger partial charge in [-0.25, -0.2) is 9.59 Å². The molecule has 2 aromatic rings. The lowest BCUT2D eigenvalue weighted by Crippen LogP contribution is -2.14. The Balaban J connectivity index is 2.16. The van der Waals surface area contributed by atoms with Gasteiger partial charge in [0.1, 0.15) is 9.88 Å². The number of methoxy groups -OCH3 is 2. The Morgan fingerprint density at radius 3 is 2.19 bits per heavy atom. The molecule has 0 fully saturated rings. The predicted molar refractivity (Wildman–Crippen MR) is 99.9 cm³/mol. The van der Waals surface area contributed by atoms with Gasteiger partial charge in [0, 0.05) is 6.42 Å². The summed E-state index contributed by atoms with van der Waals surface area (Å²) in [6.07, 6.45) is 0.835. The second-order valence-corrected chi connectivity index (χ2v) is 6.80. The highest BCUT2D eigenvalue weighted by molar-refractivity contribution is 7.18. The molecule has 0 radical (unpaired) electrons. The van der Waals surface area contributed by atoms with Crippen LogP contribution in [0.2, 0.25) is 0 Å². The number of rotatable bonds is 6. The molecule has 0 aliphatic heterocycles. The van der Waals surface area contributed by atoms with Gasteiger partial charge in [-0.3, -0.25) is 4.79 Å². The second-order valence-electron chi connectivity index (χ2n) is 5.78. The van der Waals surface area contributed by atoms with Crippen LogP contribution in [-0.4, -0.2) is 32.1 Å².